The third kappa shape index (κ3) is 2.55. The zero-order valence-corrected chi connectivity index (χ0v) is 9.12. The Kier molecular flexibility index (Phi) is 4.97. The van der Waals surface area contributed by atoms with Crippen molar-refractivity contribution in [1.29, 1.82) is 0 Å². The van der Waals surface area contributed by atoms with Crippen LogP contribution in [0, 0.1) is 0 Å². The molecule has 0 bridgehead atoms. The molecule has 0 aromatic carbocycles. The number of rotatable bonds is 1. The Balaban J connectivity index is 0.000000980. The number of carbonyl (C=O) groups is 2. The van der Waals surface area contributed by atoms with Crippen LogP contribution in [0.25, 0.3) is 0 Å². The number of anilines is 1. The third-order valence-electron chi connectivity index (χ3n) is 1.71. The van der Waals surface area contributed by atoms with Gasteiger partial charge in [0.25, 0.3) is 11.8 Å². The van der Waals surface area contributed by atoms with E-state index < -0.39 is 0 Å². The predicted molar refractivity (Wildman–Crippen MR) is 60.4 cm³/mol. The Morgan fingerprint density at radius 1 is 1.07 bits per heavy atom. The van der Waals surface area contributed by atoms with Crippen LogP contribution in [0.4, 0.5) is 5.69 Å². The van der Waals surface area contributed by atoms with Crippen molar-refractivity contribution in [2.75, 3.05) is 4.90 Å². The minimum absolute atomic E-state index is 0. The van der Waals surface area contributed by atoms with Gasteiger partial charge >= 0.3 is 0 Å². The highest BCUT2D eigenvalue weighted by molar-refractivity contribution is 6.28. The fourth-order valence-electron chi connectivity index (χ4n) is 1.14. The maximum absolute atomic E-state index is 11.2. The van der Waals surface area contributed by atoms with Crippen LogP contribution in [0.2, 0.25) is 0 Å². The molecule has 0 aliphatic carbocycles. The Hall–Kier alpha value is -1.39. The van der Waals surface area contributed by atoms with Gasteiger partial charge in [0, 0.05) is 18.3 Å². The molecule has 80 valence electrons. The van der Waals surface area contributed by atoms with Crippen molar-refractivity contribution in [3.8, 4) is 0 Å². The van der Waals surface area contributed by atoms with Gasteiger partial charge < -0.3 is 0 Å². The van der Waals surface area contributed by atoms with Crippen LogP contribution >= 0.6 is 24.8 Å². The Labute approximate surface area is 98.8 Å². The molecule has 15 heavy (non-hydrogen) atoms. The molecule has 1 aliphatic rings. The molecule has 4 nitrogen and oxygen atoms in total. The molecule has 0 saturated carbocycles. The summed E-state index contributed by atoms with van der Waals surface area (Å²) in [5.41, 5.74) is 0.502. The van der Waals surface area contributed by atoms with Gasteiger partial charge in [-0.25, -0.2) is 4.90 Å². The maximum Gasteiger partial charge on any atom is 0.258 e. The van der Waals surface area contributed by atoms with E-state index in [2.05, 4.69) is 4.98 Å². The second kappa shape index (κ2) is 5.48. The molecule has 0 N–H and O–H groups in total. The molecule has 2 amide bonds. The summed E-state index contributed by atoms with van der Waals surface area (Å²) in [7, 11) is 0. The summed E-state index contributed by atoms with van der Waals surface area (Å²) >= 11 is 0. The lowest BCUT2D eigenvalue weighted by Crippen LogP contribution is -2.29. The van der Waals surface area contributed by atoms with E-state index in [1.54, 1.807) is 18.3 Å². The zero-order valence-electron chi connectivity index (χ0n) is 7.49. The molecule has 0 radical (unpaired) electrons. The van der Waals surface area contributed by atoms with E-state index in [0.717, 1.165) is 4.90 Å². The number of imide groups is 1. The second-order valence-electron chi connectivity index (χ2n) is 2.56. The minimum Gasteiger partial charge on any atom is -0.269 e. The molecular weight excluding hydrogens is 239 g/mol. The standard InChI is InChI=1S/C9H6N2O2.2ClH/c12-8-3-4-9(13)11(8)7-2-1-5-10-6-7;;/h1-6H;2*1H. The van der Waals surface area contributed by atoms with Gasteiger partial charge in [-0.1, -0.05) is 0 Å². The highest BCUT2D eigenvalue weighted by Gasteiger charge is 2.24. The summed E-state index contributed by atoms with van der Waals surface area (Å²) in [5, 5.41) is 0. The monoisotopic (exact) mass is 246 g/mol. The van der Waals surface area contributed by atoms with Crippen LogP contribution in [0.3, 0.4) is 0 Å². The highest BCUT2D eigenvalue weighted by atomic mass is 35.5. The van der Waals surface area contributed by atoms with Crippen LogP contribution in [0.1, 0.15) is 0 Å². The highest BCUT2D eigenvalue weighted by Crippen LogP contribution is 2.16. The number of amides is 2. The topological polar surface area (TPSA) is 50.3 Å². The second-order valence-corrected chi connectivity index (χ2v) is 2.56. The lowest BCUT2D eigenvalue weighted by Gasteiger charge is -2.11. The average Bonchev–Trinajstić information content (AvgIpc) is 2.48. The quantitative estimate of drug-likeness (QED) is 0.704. The molecule has 0 unspecified atom stereocenters. The predicted octanol–water partition coefficient (Wildman–Crippen LogP) is 1.35. The normalized spacial score (nSPS) is 13.5. The summed E-state index contributed by atoms with van der Waals surface area (Å²) in [6.45, 7) is 0. The molecule has 1 aromatic rings. The first-order valence-corrected chi connectivity index (χ1v) is 3.75. The summed E-state index contributed by atoms with van der Waals surface area (Å²) in [6.07, 6.45) is 5.55. The van der Waals surface area contributed by atoms with E-state index in [4.69, 9.17) is 0 Å². The summed E-state index contributed by atoms with van der Waals surface area (Å²) in [4.78, 5) is 27.3. The number of nitrogens with zero attached hydrogens (tertiary/aromatic N) is 2. The van der Waals surface area contributed by atoms with Gasteiger partial charge in [-0.3, -0.25) is 14.6 Å². The molecule has 0 atom stereocenters. The lowest BCUT2D eigenvalue weighted by molar-refractivity contribution is -0.119. The van der Waals surface area contributed by atoms with Crippen LogP contribution in [0.15, 0.2) is 36.7 Å². The third-order valence-corrected chi connectivity index (χ3v) is 1.71. The number of pyridine rings is 1. The van der Waals surface area contributed by atoms with Crippen molar-refractivity contribution >= 4 is 42.3 Å². The van der Waals surface area contributed by atoms with Crippen molar-refractivity contribution < 1.29 is 9.59 Å². The van der Waals surface area contributed by atoms with Crippen LogP contribution in [-0.2, 0) is 9.59 Å². The van der Waals surface area contributed by atoms with Crippen LogP contribution in [0.5, 0.6) is 0 Å². The smallest absolute Gasteiger partial charge is 0.258 e. The Bertz CT molecular complexity index is 374. The number of carbonyl (C=O) groups excluding carboxylic acids is 2. The van der Waals surface area contributed by atoms with Crippen LogP contribution in [-0.4, -0.2) is 16.8 Å². The Morgan fingerprint density at radius 3 is 2.13 bits per heavy atom. The fourth-order valence-corrected chi connectivity index (χ4v) is 1.14. The minimum atomic E-state index is -0.321. The SMILES string of the molecule is Cl.Cl.O=C1C=CC(=O)N1c1cccnc1. The first kappa shape index (κ1) is 13.6. The van der Waals surface area contributed by atoms with Gasteiger partial charge in [0.1, 0.15) is 0 Å². The van der Waals surface area contributed by atoms with Gasteiger partial charge in [-0.2, -0.15) is 0 Å². The van der Waals surface area contributed by atoms with Crippen molar-refractivity contribution in [2.45, 2.75) is 0 Å². The van der Waals surface area contributed by atoms with Gasteiger partial charge in [0.2, 0.25) is 0 Å². The van der Waals surface area contributed by atoms with Gasteiger partial charge in [0.05, 0.1) is 11.9 Å². The van der Waals surface area contributed by atoms with E-state index in [9.17, 15) is 9.59 Å². The van der Waals surface area contributed by atoms with Crippen molar-refractivity contribution in [1.82, 2.24) is 4.98 Å². The van der Waals surface area contributed by atoms with E-state index in [0.29, 0.717) is 5.69 Å². The zero-order chi connectivity index (χ0) is 9.26. The number of hydrogen-bond donors (Lipinski definition) is 0. The summed E-state index contributed by atoms with van der Waals surface area (Å²) in [5.74, 6) is -0.643. The van der Waals surface area contributed by atoms with Gasteiger partial charge in [0.15, 0.2) is 0 Å². The number of halogens is 2. The number of aromatic nitrogens is 1. The fraction of sp³-hybridized carbons (Fsp3) is 0. The average molecular weight is 247 g/mol. The Morgan fingerprint density at radius 2 is 1.67 bits per heavy atom. The molecule has 2 heterocycles. The van der Waals surface area contributed by atoms with Crippen LogP contribution < -0.4 is 4.90 Å². The molecule has 1 aliphatic heterocycles. The molecule has 2 rings (SSSR count). The molecule has 6 heteroatoms. The van der Waals surface area contributed by atoms with Crippen molar-refractivity contribution in [2.24, 2.45) is 0 Å². The molecule has 0 fully saturated rings. The van der Waals surface area contributed by atoms with E-state index in [-0.39, 0.29) is 36.6 Å². The largest absolute Gasteiger partial charge is 0.269 e. The molecule has 1 aromatic heterocycles. The molecular formula is C9H8Cl2N2O2. The first-order valence-electron chi connectivity index (χ1n) is 3.75. The van der Waals surface area contributed by atoms with E-state index in [1.807, 2.05) is 0 Å². The lowest BCUT2D eigenvalue weighted by atomic mass is 10.4. The summed E-state index contributed by atoms with van der Waals surface area (Å²) < 4.78 is 0. The summed E-state index contributed by atoms with van der Waals surface area (Å²) in [6, 6.07) is 3.34. The first-order chi connectivity index (χ1) is 6.29. The van der Waals surface area contributed by atoms with Gasteiger partial charge in [-0.05, 0) is 12.1 Å². The number of hydrogen-bond acceptors (Lipinski definition) is 3. The van der Waals surface area contributed by atoms with E-state index in [1.165, 1.54) is 18.3 Å². The van der Waals surface area contributed by atoms with Gasteiger partial charge in [-0.15, -0.1) is 24.8 Å². The molecule has 0 spiro atoms. The van der Waals surface area contributed by atoms with Crippen molar-refractivity contribution in [3.05, 3.63) is 36.7 Å². The maximum atomic E-state index is 11.2. The van der Waals surface area contributed by atoms with Crippen molar-refractivity contribution in [3.63, 3.8) is 0 Å². The van der Waals surface area contributed by atoms with E-state index >= 15 is 0 Å². The molecule has 0 saturated heterocycles.